The van der Waals surface area contributed by atoms with Crippen LogP contribution in [0.1, 0.15) is 181 Å². The largest absolute Gasteiger partial charge is 0.756 e. The van der Waals surface area contributed by atoms with Crippen LogP contribution in [-0.4, -0.2) is 70.0 Å². The van der Waals surface area contributed by atoms with Gasteiger partial charge in [0, 0.05) is 12.8 Å². The van der Waals surface area contributed by atoms with E-state index in [4.69, 9.17) is 18.5 Å². The molecule has 0 aromatic carbocycles. The average Bonchev–Trinajstić information content (AvgIpc) is 3.15. The maximum Gasteiger partial charge on any atom is 0.306 e. The first-order chi connectivity index (χ1) is 27.0. The second-order valence-corrected chi connectivity index (χ2v) is 17.5. The normalized spacial score (nSPS) is 14.0. The summed E-state index contributed by atoms with van der Waals surface area (Å²) in [4.78, 5) is 37.5. The number of rotatable bonds is 40. The van der Waals surface area contributed by atoms with Gasteiger partial charge in [0.05, 0.1) is 27.7 Å². The van der Waals surface area contributed by atoms with E-state index in [1.807, 2.05) is 33.3 Å². The summed E-state index contributed by atoms with van der Waals surface area (Å²) in [6.45, 7) is 4.14. The van der Waals surface area contributed by atoms with Crippen LogP contribution in [0.2, 0.25) is 0 Å². The third kappa shape index (κ3) is 41.6. The fourth-order valence-corrected chi connectivity index (χ4v) is 6.57. The van der Waals surface area contributed by atoms with Gasteiger partial charge in [-0.15, -0.1) is 0 Å². The molecule has 0 aliphatic heterocycles. The highest BCUT2D eigenvalue weighted by atomic mass is 31.2. The maximum atomic E-state index is 12.6. The molecule has 0 aromatic heterocycles. The van der Waals surface area contributed by atoms with Crippen LogP contribution in [-0.2, 0) is 32.7 Å². The van der Waals surface area contributed by atoms with Gasteiger partial charge >= 0.3 is 11.9 Å². The van der Waals surface area contributed by atoms with E-state index in [1.165, 1.54) is 109 Å². The molecule has 0 rings (SSSR count). The lowest BCUT2D eigenvalue weighted by molar-refractivity contribution is -0.870. The second-order valence-electron chi connectivity index (χ2n) is 16.1. The van der Waals surface area contributed by atoms with Crippen LogP contribution in [0, 0.1) is 0 Å². The van der Waals surface area contributed by atoms with E-state index in [0.717, 1.165) is 38.5 Å². The van der Waals surface area contributed by atoms with E-state index in [1.54, 1.807) is 0 Å². The van der Waals surface area contributed by atoms with Crippen molar-refractivity contribution in [3.63, 3.8) is 0 Å². The highest BCUT2D eigenvalue weighted by Gasteiger charge is 2.21. The summed E-state index contributed by atoms with van der Waals surface area (Å²) in [5.74, 6) is -0.926. The van der Waals surface area contributed by atoms with E-state index in [-0.39, 0.29) is 26.1 Å². The van der Waals surface area contributed by atoms with Gasteiger partial charge in [-0.05, 0) is 44.9 Å². The molecule has 2 atom stereocenters. The lowest BCUT2D eigenvalue weighted by Gasteiger charge is -2.28. The average molecular weight is 810 g/mol. The van der Waals surface area contributed by atoms with Crippen LogP contribution in [0.15, 0.2) is 48.6 Å². The molecule has 9 nitrogen and oxygen atoms in total. The fraction of sp³-hybridized carbons (Fsp3) is 0.783. The molecule has 0 radical (unpaired) electrons. The number of unbranched alkanes of at least 4 members (excludes halogenated alkanes) is 18. The minimum absolute atomic E-state index is 0.0436. The molecular formula is C46H84NO8P. The number of carbonyl (C=O) groups is 2. The van der Waals surface area contributed by atoms with Gasteiger partial charge in [0.15, 0.2) is 6.10 Å². The number of nitrogens with zero attached hydrogens (tertiary/aromatic N) is 1. The quantitative estimate of drug-likeness (QED) is 0.0198. The smallest absolute Gasteiger partial charge is 0.306 e. The van der Waals surface area contributed by atoms with Crippen molar-refractivity contribution < 1.29 is 42.1 Å². The minimum atomic E-state index is -4.64. The second kappa shape index (κ2) is 38.5. The predicted molar refractivity (Wildman–Crippen MR) is 231 cm³/mol. The van der Waals surface area contributed by atoms with Gasteiger partial charge in [0.1, 0.15) is 19.8 Å². The van der Waals surface area contributed by atoms with Gasteiger partial charge < -0.3 is 27.9 Å². The molecule has 0 N–H and O–H groups in total. The molecule has 0 saturated heterocycles. The number of esters is 2. The molecule has 0 heterocycles. The van der Waals surface area contributed by atoms with Gasteiger partial charge in [-0.3, -0.25) is 14.2 Å². The van der Waals surface area contributed by atoms with E-state index < -0.39 is 32.5 Å². The van der Waals surface area contributed by atoms with Crippen molar-refractivity contribution >= 4 is 19.8 Å². The van der Waals surface area contributed by atoms with Gasteiger partial charge in [0.25, 0.3) is 7.82 Å². The first-order valence-corrected chi connectivity index (χ1v) is 23.8. The van der Waals surface area contributed by atoms with E-state index in [0.29, 0.717) is 17.4 Å². The zero-order chi connectivity index (χ0) is 41.4. The fourth-order valence-electron chi connectivity index (χ4n) is 5.84. The van der Waals surface area contributed by atoms with Crippen molar-refractivity contribution in [1.29, 1.82) is 0 Å². The zero-order valence-electron chi connectivity index (χ0n) is 36.6. The Labute approximate surface area is 343 Å². The first-order valence-electron chi connectivity index (χ1n) is 22.3. The summed E-state index contributed by atoms with van der Waals surface area (Å²) in [7, 11) is 1.12. The Morgan fingerprint density at radius 2 is 1.00 bits per heavy atom. The number of quaternary nitrogens is 1. The Morgan fingerprint density at radius 1 is 0.554 bits per heavy atom. The van der Waals surface area contributed by atoms with Gasteiger partial charge in [-0.25, -0.2) is 0 Å². The summed E-state index contributed by atoms with van der Waals surface area (Å²) < 4.78 is 33.8. The molecule has 0 aliphatic carbocycles. The summed E-state index contributed by atoms with van der Waals surface area (Å²) in [6, 6.07) is 0. The molecule has 326 valence electrons. The van der Waals surface area contributed by atoms with Crippen LogP contribution in [0.4, 0.5) is 0 Å². The summed E-state index contributed by atoms with van der Waals surface area (Å²) in [5, 5.41) is 0. The SMILES string of the molecule is CCCCCCCC/C=C\C/C=C\C/C=C\C/C=C\CCC(=O)OC(COC(=O)CCCCCCCCCCCCCCC)COP(=O)([O-])OCC[N+](C)(C)C. The number of carbonyl (C=O) groups excluding carboxylic acids is 2. The predicted octanol–water partition coefficient (Wildman–Crippen LogP) is 12.1. The van der Waals surface area contributed by atoms with Crippen LogP contribution in [0.5, 0.6) is 0 Å². The number of ether oxygens (including phenoxy) is 2. The zero-order valence-corrected chi connectivity index (χ0v) is 37.5. The van der Waals surface area contributed by atoms with Crippen LogP contribution >= 0.6 is 7.82 Å². The molecule has 0 aromatic rings. The van der Waals surface area contributed by atoms with Gasteiger partial charge in [0.2, 0.25) is 0 Å². The van der Waals surface area contributed by atoms with E-state index >= 15 is 0 Å². The van der Waals surface area contributed by atoms with Crippen LogP contribution in [0.3, 0.4) is 0 Å². The van der Waals surface area contributed by atoms with Crippen molar-refractivity contribution in [1.82, 2.24) is 0 Å². The Balaban J connectivity index is 4.47. The first kappa shape index (κ1) is 54.0. The van der Waals surface area contributed by atoms with Crippen molar-refractivity contribution in [3.8, 4) is 0 Å². The number of hydrogen-bond acceptors (Lipinski definition) is 8. The molecule has 0 aliphatic rings. The lowest BCUT2D eigenvalue weighted by atomic mass is 10.0. The Morgan fingerprint density at radius 3 is 1.50 bits per heavy atom. The molecule has 56 heavy (non-hydrogen) atoms. The number of phosphoric ester groups is 1. The highest BCUT2D eigenvalue weighted by molar-refractivity contribution is 7.45. The molecular weight excluding hydrogens is 725 g/mol. The Hall–Kier alpha value is -2.03. The minimum Gasteiger partial charge on any atom is -0.756 e. The molecule has 0 bridgehead atoms. The third-order valence-corrected chi connectivity index (χ3v) is 10.3. The molecule has 10 heteroatoms. The monoisotopic (exact) mass is 810 g/mol. The van der Waals surface area contributed by atoms with Gasteiger partial charge in [-0.1, -0.05) is 172 Å². The van der Waals surface area contributed by atoms with Crippen LogP contribution in [0.25, 0.3) is 0 Å². The maximum absolute atomic E-state index is 12.6. The van der Waals surface area contributed by atoms with Crippen molar-refractivity contribution in [3.05, 3.63) is 48.6 Å². The summed E-state index contributed by atoms with van der Waals surface area (Å²) in [5.41, 5.74) is 0. The van der Waals surface area contributed by atoms with Crippen molar-refractivity contribution in [2.75, 3.05) is 47.5 Å². The van der Waals surface area contributed by atoms with E-state index in [9.17, 15) is 19.0 Å². The molecule has 0 saturated carbocycles. The van der Waals surface area contributed by atoms with E-state index in [2.05, 4.69) is 50.3 Å². The molecule has 2 unspecified atom stereocenters. The topological polar surface area (TPSA) is 111 Å². The lowest BCUT2D eigenvalue weighted by Crippen LogP contribution is -2.37. The number of likely N-dealkylation sites (N-methyl/N-ethyl adjacent to an activating group) is 1. The highest BCUT2D eigenvalue weighted by Crippen LogP contribution is 2.38. The molecule has 0 spiro atoms. The molecule has 0 amide bonds. The van der Waals surface area contributed by atoms with Crippen molar-refractivity contribution in [2.45, 2.75) is 187 Å². The third-order valence-electron chi connectivity index (χ3n) is 9.37. The number of hydrogen-bond donors (Lipinski definition) is 0. The molecule has 0 fully saturated rings. The number of allylic oxidation sites excluding steroid dienone is 8. The standard InChI is InChI=1S/C46H84NO8P/c1-6-8-10-12-14-16-18-20-21-22-23-24-25-27-29-31-33-35-37-39-46(49)55-44(43-54-56(50,51)53-41-40-47(3,4)5)42-52-45(48)38-36-34-32-30-28-26-19-17-15-13-11-9-7-2/h20-21,23-24,27,29,33,35,44H,6-19,22,25-26,28,30-32,34,36-43H2,1-5H3/b21-20-,24-23-,29-27-,35-33-. The summed E-state index contributed by atoms with van der Waals surface area (Å²) >= 11 is 0. The Kier molecular flexibility index (Phi) is 37.1. The Bertz CT molecular complexity index is 1100. The summed E-state index contributed by atoms with van der Waals surface area (Å²) in [6.07, 6.45) is 44.4. The van der Waals surface area contributed by atoms with Crippen LogP contribution < -0.4 is 4.89 Å². The van der Waals surface area contributed by atoms with Gasteiger partial charge in [-0.2, -0.15) is 0 Å². The van der Waals surface area contributed by atoms with Crippen molar-refractivity contribution in [2.24, 2.45) is 0 Å². The number of phosphoric acid groups is 1.